The maximum atomic E-state index is 14.6. The summed E-state index contributed by atoms with van der Waals surface area (Å²) in [6.07, 6.45) is 32.4. The lowest BCUT2D eigenvalue weighted by molar-refractivity contribution is -0.151. The summed E-state index contributed by atoms with van der Waals surface area (Å²) in [5, 5.41) is 15.4. The number of carbonyl (C=O) groups is 6. The quantitative estimate of drug-likeness (QED) is 0.0292. The predicted octanol–water partition coefficient (Wildman–Crippen LogP) is 23.4. The van der Waals surface area contributed by atoms with Crippen molar-refractivity contribution in [1.29, 1.82) is 0 Å². The van der Waals surface area contributed by atoms with Gasteiger partial charge in [0.1, 0.15) is 29.3 Å². The maximum Gasteiger partial charge on any atom is 0.407 e. The molecule has 12 aromatic rings. The molecule has 28 rings (SSSR count). The van der Waals surface area contributed by atoms with Gasteiger partial charge in [-0.3, -0.25) is 24.0 Å². The third-order valence-electron chi connectivity index (χ3n) is 33.7. The minimum absolute atomic E-state index is 0.000448. The van der Waals surface area contributed by atoms with E-state index >= 15 is 0 Å². The first-order chi connectivity index (χ1) is 67.0. The van der Waals surface area contributed by atoms with Crippen molar-refractivity contribution in [3.8, 4) is 44.5 Å². The van der Waals surface area contributed by atoms with E-state index in [1.165, 1.54) is 194 Å². The normalized spacial score (nSPS) is 23.9. The molecule has 138 heavy (non-hydrogen) atoms. The van der Waals surface area contributed by atoms with Gasteiger partial charge in [0.05, 0.1) is 108 Å². The third-order valence-corrected chi connectivity index (χ3v) is 33.7. The Kier molecular flexibility index (Phi) is 27.6. The number of ether oxygens (including phenoxy) is 3. The van der Waals surface area contributed by atoms with Crippen LogP contribution in [-0.4, -0.2) is 136 Å². The second-order valence-corrected chi connectivity index (χ2v) is 43.1. The Hall–Kier alpha value is -11.8. The lowest BCUT2D eigenvalue weighted by atomic mass is 9.82. The number of carboxylic acids is 1. The van der Waals surface area contributed by atoms with E-state index in [9.17, 15) is 28.8 Å². The van der Waals surface area contributed by atoms with Gasteiger partial charge in [-0.05, 0) is 307 Å². The van der Waals surface area contributed by atoms with Gasteiger partial charge in [-0.2, -0.15) is 0 Å². The molecule has 3 amide bonds. The Morgan fingerprint density at radius 1 is 0.377 bits per heavy atom. The number of hydrogen-bond acceptors (Lipinski definition) is 14. The SMILES string of the molecule is COC(=O)C[C@H](C(=O)N1[C@H](c2nc3ccc(-c4cc5ccc4CCc4ccc(c(-c6ccc7nc([C@@H]8C[C@@H]9CCCC[C@@H]9N8C(=O)[C@@H](NC(=O)OC)C(C)C)[nH]c7c6)c4)CC5)cc3[nH]2)C[C@@H]2CCCC[C@@H]21)C(C)C.COC(=O)C[C@H](C(=O)O)C(C)C.c1cc2c(-c3ccc4nc(C5C[C@H]6CCCC[C@H]6C5)[nH]c4c3)cc1CCc1ccc(cc1-c1ccc3nc([C@@H]4C[C@@H]5CCCC[C@@H]5N4)[nH]c3c1)CC2. The molecule has 22 heteroatoms. The fourth-order valence-electron chi connectivity index (χ4n) is 26.0. The summed E-state index contributed by atoms with van der Waals surface area (Å²) in [5.74, 6) is 5.01. The number of aromatic nitrogens is 8. The molecule has 8 bridgehead atoms. The van der Waals surface area contributed by atoms with Crippen molar-refractivity contribution in [2.24, 2.45) is 59.2 Å². The molecule has 16 aliphatic rings. The number of esters is 2. The number of hydrogen-bond donors (Lipinski definition) is 7. The summed E-state index contributed by atoms with van der Waals surface area (Å²) in [6.45, 7) is 11.5. The molecular weight excluding hydrogens is 1720 g/mol. The molecule has 13 aliphatic carbocycles. The van der Waals surface area contributed by atoms with Gasteiger partial charge < -0.3 is 59.7 Å². The van der Waals surface area contributed by atoms with Crippen LogP contribution in [0.15, 0.2) is 146 Å². The van der Waals surface area contributed by atoms with Gasteiger partial charge in [-0.1, -0.05) is 203 Å². The molecule has 0 spiro atoms. The zero-order chi connectivity index (χ0) is 95.3. The molecule has 15 atom stereocenters. The smallest absolute Gasteiger partial charge is 0.407 e. The van der Waals surface area contributed by atoms with Gasteiger partial charge >= 0.3 is 24.0 Å². The first kappa shape index (κ1) is 93.8. The van der Waals surface area contributed by atoms with E-state index in [1.54, 1.807) is 13.8 Å². The van der Waals surface area contributed by atoms with Crippen molar-refractivity contribution in [2.45, 2.75) is 289 Å². The van der Waals surface area contributed by atoms with Crippen LogP contribution in [0.3, 0.4) is 0 Å². The number of imidazole rings is 4. The highest BCUT2D eigenvalue weighted by Crippen LogP contribution is 2.52. The largest absolute Gasteiger partial charge is 0.481 e. The number of alkyl carbamates (subject to hydrolysis) is 1. The zero-order valence-electron chi connectivity index (χ0n) is 82.0. The van der Waals surface area contributed by atoms with Gasteiger partial charge in [0.2, 0.25) is 11.8 Å². The predicted molar refractivity (Wildman–Crippen MR) is 541 cm³/mol. The average molecular weight is 1860 g/mol. The number of benzene rings is 8. The number of carboxylic acid groups (broad SMARTS) is 1. The molecule has 1 unspecified atom stereocenters. The number of methoxy groups -OCH3 is 3. The molecule has 722 valence electrons. The van der Waals surface area contributed by atoms with E-state index in [0.29, 0.717) is 29.8 Å². The number of aliphatic carboxylic acids is 1. The van der Waals surface area contributed by atoms with Crippen molar-refractivity contribution in [2.75, 3.05) is 21.3 Å². The number of rotatable bonds is 19. The van der Waals surface area contributed by atoms with E-state index in [-0.39, 0.29) is 72.5 Å². The molecule has 3 aliphatic heterocycles. The number of H-pyrrole nitrogens is 4. The Bertz CT molecular complexity index is 6140. The van der Waals surface area contributed by atoms with Crippen molar-refractivity contribution < 1.29 is 48.1 Å². The highest BCUT2D eigenvalue weighted by Gasteiger charge is 2.51. The van der Waals surface area contributed by atoms with E-state index in [2.05, 4.69) is 191 Å². The van der Waals surface area contributed by atoms with Gasteiger partial charge in [0, 0.05) is 24.0 Å². The highest BCUT2D eigenvalue weighted by atomic mass is 16.5. The summed E-state index contributed by atoms with van der Waals surface area (Å²) >= 11 is 0. The second-order valence-electron chi connectivity index (χ2n) is 43.1. The maximum absolute atomic E-state index is 14.6. The van der Waals surface area contributed by atoms with Crippen molar-refractivity contribution in [3.05, 3.63) is 213 Å². The van der Waals surface area contributed by atoms with Gasteiger partial charge in [0.15, 0.2) is 0 Å². The van der Waals surface area contributed by atoms with Crippen molar-refractivity contribution in [3.63, 3.8) is 0 Å². The highest BCUT2D eigenvalue weighted by molar-refractivity contribution is 5.91. The lowest BCUT2D eigenvalue weighted by Gasteiger charge is -2.36. The lowest BCUT2D eigenvalue weighted by Crippen LogP contribution is -2.53. The second kappa shape index (κ2) is 40.6. The Morgan fingerprint density at radius 2 is 0.739 bits per heavy atom. The molecule has 0 radical (unpaired) electrons. The minimum atomic E-state index is -0.949. The molecule has 4 aromatic heterocycles. The topological polar surface area (TPSA) is 296 Å². The number of aromatic amines is 4. The summed E-state index contributed by atoms with van der Waals surface area (Å²) in [5.41, 5.74) is 29.2. The van der Waals surface area contributed by atoms with Crippen molar-refractivity contribution >= 4 is 79.9 Å². The third kappa shape index (κ3) is 19.6. The number of likely N-dealkylation sites (tertiary alicyclic amines) is 2. The van der Waals surface area contributed by atoms with Gasteiger partial charge in [-0.25, -0.2) is 24.7 Å². The number of fused-ring (bicyclic) bond motifs is 8. The summed E-state index contributed by atoms with van der Waals surface area (Å²) in [6, 6.07) is 55.7. The van der Waals surface area contributed by atoms with E-state index in [1.807, 2.05) is 27.7 Å². The average Bonchev–Trinajstić information content (AvgIpc) is 1.60. The molecule has 8 aromatic carbocycles. The summed E-state index contributed by atoms with van der Waals surface area (Å²) in [7, 11) is 3.98. The van der Waals surface area contributed by atoms with E-state index in [4.69, 9.17) is 34.5 Å². The molecule has 5 saturated carbocycles. The molecule has 22 nitrogen and oxygen atoms in total. The Balaban J connectivity index is 0.000000159. The van der Waals surface area contributed by atoms with Gasteiger partial charge in [0.25, 0.3) is 0 Å². The number of amides is 3. The standard InChI is InChI=1S/C61H73N7O6.C47H51N5.C8H14O4/c1-34(2)44(33-55(69)73-5)59(70)67-51-13-9-7-11-42(51)31-53(67)57-62-47-25-23-40(29-49(47)64-57)45-27-36-15-19-38(45)20-16-37-18-22-39(21-17-36)46(28-37)41-24-26-48-50(30-41)65-58(63-48)54-32-43-12-8-10-14-52(43)68(54)60(71)56(35(3)4)66-61(72)74-6;1-2-6-33-24-37(23-32(33)5-1)46-49-41-19-17-34(25-43(41)51-46)38-21-28-9-13-30(38)14-10-29-12-16-31(15-11-28)39(22-29)35-18-20-42-44(26-35)52-47(50-42)45-27-36-7-3-4-8-40(36)48-45;1-5(2)6(8(10)11)4-7(9)12-3/h15,18-19,22-30,34-35,42-44,51-54,56H,7-14,16-17,20-21,31-33H2,1-6H3,(H,62,64)(H,63,65)(H,66,72);9,12-13,16-22,25-26,32-33,36-37,40,45,48H,1-8,10-11,14-15,23-24,27H2,(H,49,51)(H,50,52);5-6H,4H2,1-3H3,(H,10,11)/t42-,43-,44-,51-,52-,53-,54-,56-;32-,33+,36-,37?,40-,45-;6-/m000/s1. The molecule has 3 saturated heterocycles. The van der Waals surface area contributed by atoms with Crippen LogP contribution in [0.4, 0.5) is 4.79 Å². The molecule has 7 N–H and O–H groups in total. The zero-order valence-corrected chi connectivity index (χ0v) is 82.0. The van der Waals surface area contributed by atoms with E-state index in [0.717, 1.165) is 188 Å². The Morgan fingerprint density at radius 3 is 1.13 bits per heavy atom. The van der Waals surface area contributed by atoms with Crippen LogP contribution in [0.5, 0.6) is 0 Å². The Labute approximate surface area is 810 Å². The summed E-state index contributed by atoms with van der Waals surface area (Å²) < 4.78 is 14.4. The number of carbonyl (C=O) groups excluding carboxylic acids is 5. The summed E-state index contributed by atoms with van der Waals surface area (Å²) in [4.78, 5) is 115. The number of nitrogens with one attached hydrogen (secondary N) is 6. The monoisotopic (exact) mass is 1860 g/mol. The molecule has 7 heterocycles. The molecular formula is C116H138N12O10. The fraction of sp³-hybridized carbons (Fsp3) is 0.500. The van der Waals surface area contributed by atoms with Crippen LogP contribution in [0.2, 0.25) is 0 Å². The van der Waals surface area contributed by atoms with Gasteiger partial charge in [-0.15, -0.1) is 0 Å². The number of aryl methyl sites for hydroxylation is 8. The van der Waals surface area contributed by atoms with Crippen LogP contribution < -0.4 is 10.6 Å². The first-order valence-electron chi connectivity index (χ1n) is 52.1. The van der Waals surface area contributed by atoms with E-state index < -0.39 is 35.9 Å². The minimum Gasteiger partial charge on any atom is -0.481 e. The van der Waals surface area contributed by atoms with Crippen LogP contribution in [0.1, 0.15) is 281 Å². The van der Waals surface area contributed by atoms with Crippen LogP contribution in [0, 0.1) is 59.2 Å². The first-order valence-corrected chi connectivity index (χ1v) is 52.1. The fourth-order valence-corrected chi connectivity index (χ4v) is 26.0. The van der Waals surface area contributed by atoms with Crippen LogP contribution in [0.25, 0.3) is 88.6 Å². The molecule has 8 fully saturated rings. The van der Waals surface area contributed by atoms with Crippen LogP contribution >= 0.6 is 0 Å². The van der Waals surface area contributed by atoms with Crippen molar-refractivity contribution in [1.82, 2.24) is 60.3 Å². The number of nitrogens with zero attached hydrogens (tertiary/aromatic N) is 6. The van der Waals surface area contributed by atoms with Crippen LogP contribution in [-0.2, 0) is 89.5 Å².